The molecule has 2 nitrogen and oxygen atoms in total. The zero-order valence-electron chi connectivity index (χ0n) is 14.7. The predicted octanol–water partition coefficient (Wildman–Crippen LogP) is 6.63. The van der Waals surface area contributed by atoms with Crippen LogP contribution >= 0.6 is 23.2 Å². The smallest absolute Gasteiger partial charge is 0.306 e. The third-order valence-corrected chi connectivity index (χ3v) is 5.20. The first-order chi connectivity index (χ1) is 11.8. The number of benzene rings is 2. The van der Waals surface area contributed by atoms with Crippen molar-refractivity contribution in [2.24, 2.45) is 11.8 Å². The minimum atomic E-state index is -0.773. The van der Waals surface area contributed by atoms with Gasteiger partial charge >= 0.3 is 5.97 Å². The molecular formula is C21H24Cl2O2. The van der Waals surface area contributed by atoms with Crippen molar-refractivity contribution in [1.82, 2.24) is 0 Å². The number of carbonyl (C=O) groups is 1. The van der Waals surface area contributed by atoms with Gasteiger partial charge in [-0.05, 0) is 59.6 Å². The van der Waals surface area contributed by atoms with Crippen LogP contribution in [-0.2, 0) is 4.79 Å². The predicted molar refractivity (Wildman–Crippen MR) is 105 cm³/mol. The van der Waals surface area contributed by atoms with Crippen LogP contribution in [0, 0.1) is 11.8 Å². The number of hydrogen-bond acceptors (Lipinski definition) is 1. The Hall–Kier alpha value is -1.51. The summed E-state index contributed by atoms with van der Waals surface area (Å²) in [6, 6.07) is 15.6. The fourth-order valence-corrected chi connectivity index (χ4v) is 3.80. The van der Waals surface area contributed by atoms with Gasteiger partial charge in [0.15, 0.2) is 0 Å². The zero-order valence-corrected chi connectivity index (χ0v) is 16.3. The Morgan fingerprint density at radius 3 is 2.12 bits per heavy atom. The highest BCUT2D eigenvalue weighted by Gasteiger charge is 2.30. The molecule has 0 amide bonds. The maximum atomic E-state index is 11.5. The Bertz CT molecular complexity index is 710. The highest BCUT2D eigenvalue weighted by atomic mass is 35.5. The summed E-state index contributed by atoms with van der Waals surface area (Å²) in [5.41, 5.74) is 2.25. The van der Waals surface area contributed by atoms with Crippen molar-refractivity contribution in [3.63, 3.8) is 0 Å². The lowest BCUT2D eigenvalue weighted by Gasteiger charge is -2.32. The van der Waals surface area contributed by atoms with Crippen molar-refractivity contribution >= 4 is 29.2 Å². The zero-order chi connectivity index (χ0) is 18.6. The molecule has 2 aromatic rings. The Morgan fingerprint density at radius 1 is 0.960 bits per heavy atom. The molecule has 4 heteroatoms. The number of hydrogen-bond donors (Lipinski definition) is 1. The van der Waals surface area contributed by atoms with Crippen LogP contribution in [-0.4, -0.2) is 11.1 Å². The second-order valence-electron chi connectivity index (χ2n) is 6.96. The second kappa shape index (κ2) is 8.73. The standard InChI is InChI=1S/C21H24Cl2O2/c1-13(2)20(15-7-9-17(22)10-8-15)19(11-14(3)21(24)25)16-5-4-6-18(23)12-16/h4-10,12-14,19-20H,11H2,1-3H3,(H,24,25). The summed E-state index contributed by atoms with van der Waals surface area (Å²) in [6.45, 7) is 6.10. The molecule has 0 radical (unpaired) electrons. The molecule has 25 heavy (non-hydrogen) atoms. The molecule has 0 aliphatic carbocycles. The molecule has 0 bridgehead atoms. The van der Waals surface area contributed by atoms with Crippen LogP contribution in [0.2, 0.25) is 10.0 Å². The van der Waals surface area contributed by atoms with Gasteiger partial charge in [0.05, 0.1) is 5.92 Å². The van der Waals surface area contributed by atoms with E-state index in [1.165, 1.54) is 5.56 Å². The number of aliphatic carboxylic acids is 1. The highest BCUT2D eigenvalue weighted by molar-refractivity contribution is 6.30. The Morgan fingerprint density at radius 2 is 1.60 bits per heavy atom. The summed E-state index contributed by atoms with van der Waals surface area (Å²) in [4.78, 5) is 11.5. The minimum absolute atomic E-state index is 0.0611. The summed E-state index contributed by atoms with van der Waals surface area (Å²) in [7, 11) is 0. The molecule has 0 fully saturated rings. The van der Waals surface area contributed by atoms with Crippen LogP contribution in [0.15, 0.2) is 48.5 Å². The van der Waals surface area contributed by atoms with Crippen molar-refractivity contribution in [2.75, 3.05) is 0 Å². The van der Waals surface area contributed by atoms with E-state index < -0.39 is 11.9 Å². The van der Waals surface area contributed by atoms with Crippen molar-refractivity contribution in [3.8, 4) is 0 Å². The summed E-state index contributed by atoms with van der Waals surface area (Å²) >= 11 is 12.2. The van der Waals surface area contributed by atoms with Gasteiger partial charge in [-0.1, -0.05) is 68.2 Å². The van der Waals surface area contributed by atoms with Gasteiger partial charge in [0.2, 0.25) is 0 Å². The van der Waals surface area contributed by atoms with Gasteiger partial charge in [-0.2, -0.15) is 0 Å². The number of carboxylic acids is 1. The van der Waals surface area contributed by atoms with E-state index in [-0.39, 0.29) is 11.8 Å². The van der Waals surface area contributed by atoms with E-state index in [1.807, 2.05) is 48.5 Å². The van der Waals surface area contributed by atoms with Gasteiger partial charge in [0.25, 0.3) is 0 Å². The second-order valence-corrected chi connectivity index (χ2v) is 7.83. The number of carboxylic acid groups (broad SMARTS) is 1. The first kappa shape index (κ1) is 19.8. The van der Waals surface area contributed by atoms with E-state index >= 15 is 0 Å². The Labute approximate surface area is 159 Å². The summed E-state index contributed by atoms with van der Waals surface area (Å²) in [5, 5.41) is 10.8. The normalized spacial score (nSPS) is 15.0. The number of halogens is 2. The Balaban J connectivity index is 2.49. The van der Waals surface area contributed by atoms with Crippen molar-refractivity contribution in [3.05, 3.63) is 69.7 Å². The fraction of sp³-hybridized carbons (Fsp3) is 0.381. The lowest BCUT2D eigenvalue weighted by atomic mass is 9.72. The third kappa shape index (κ3) is 5.23. The van der Waals surface area contributed by atoms with Gasteiger partial charge in [-0.25, -0.2) is 0 Å². The van der Waals surface area contributed by atoms with Crippen molar-refractivity contribution < 1.29 is 9.90 Å². The van der Waals surface area contributed by atoms with E-state index in [0.29, 0.717) is 22.4 Å². The molecule has 0 saturated heterocycles. The van der Waals surface area contributed by atoms with E-state index in [1.54, 1.807) is 6.92 Å². The van der Waals surface area contributed by atoms with Crippen molar-refractivity contribution in [1.29, 1.82) is 0 Å². The average molecular weight is 379 g/mol. The molecule has 2 rings (SSSR count). The summed E-state index contributed by atoms with van der Waals surface area (Å²) in [5.74, 6) is -0.627. The molecule has 0 aliphatic heterocycles. The Kier molecular flexibility index (Phi) is 6.92. The molecule has 0 aromatic heterocycles. The van der Waals surface area contributed by atoms with Crippen LogP contribution in [0.5, 0.6) is 0 Å². The van der Waals surface area contributed by atoms with Gasteiger partial charge in [0.1, 0.15) is 0 Å². The first-order valence-corrected chi connectivity index (χ1v) is 9.29. The number of rotatable bonds is 7. The third-order valence-electron chi connectivity index (χ3n) is 4.71. The van der Waals surface area contributed by atoms with Crippen LogP contribution in [0.25, 0.3) is 0 Å². The van der Waals surface area contributed by atoms with E-state index in [9.17, 15) is 9.90 Å². The van der Waals surface area contributed by atoms with Gasteiger partial charge in [-0.3, -0.25) is 4.79 Å². The summed E-state index contributed by atoms with van der Waals surface area (Å²) < 4.78 is 0. The van der Waals surface area contributed by atoms with E-state index in [2.05, 4.69) is 13.8 Å². The minimum Gasteiger partial charge on any atom is -0.481 e. The van der Waals surface area contributed by atoms with E-state index in [4.69, 9.17) is 23.2 Å². The van der Waals surface area contributed by atoms with Gasteiger partial charge in [-0.15, -0.1) is 0 Å². The lowest BCUT2D eigenvalue weighted by Crippen LogP contribution is -2.22. The largest absolute Gasteiger partial charge is 0.481 e. The van der Waals surface area contributed by atoms with Gasteiger partial charge < -0.3 is 5.11 Å². The highest BCUT2D eigenvalue weighted by Crippen LogP contribution is 2.43. The lowest BCUT2D eigenvalue weighted by molar-refractivity contribution is -0.141. The maximum Gasteiger partial charge on any atom is 0.306 e. The van der Waals surface area contributed by atoms with Gasteiger partial charge in [0, 0.05) is 10.0 Å². The molecule has 3 unspecified atom stereocenters. The molecular weight excluding hydrogens is 355 g/mol. The maximum absolute atomic E-state index is 11.5. The van der Waals surface area contributed by atoms with Crippen LogP contribution in [0.3, 0.4) is 0 Å². The quantitative estimate of drug-likeness (QED) is 0.586. The monoisotopic (exact) mass is 378 g/mol. The van der Waals surface area contributed by atoms with Crippen molar-refractivity contribution in [2.45, 2.75) is 39.0 Å². The summed E-state index contributed by atoms with van der Waals surface area (Å²) in [6.07, 6.45) is 0.557. The SMILES string of the molecule is CC(CC(c1cccc(Cl)c1)C(c1ccc(Cl)cc1)C(C)C)C(=O)O. The van der Waals surface area contributed by atoms with E-state index in [0.717, 1.165) is 5.56 Å². The first-order valence-electron chi connectivity index (χ1n) is 8.53. The molecule has 134 valence electrons. The molecule has 3 atom stereocenters. The molecule has 0 heterocycles. The average Bonchev–Trinajstić information content (AvgIpc) is 2.55. The molecule has 1 N–H and O–H groups in total. The topological polar surface area (TPSA) is 37.3 Å². The fourth-order valence-electron chi connectivity index (χ4n) is 3.48. The molecule has 2 aromatic carbocycles. The van der Waals surface area contributed by atoms with Crippen LogP contribution < -0.4 is 0 Å². The molecule has 0 spiro atoms. The van der Waals surface area contributed by atoms with Crippen LogP contribution in [0.1, 0.15) is 50.2 Å². The molecule has 0 aliphatic rings. The van der Waals surface area contributed by atoms with Crippen LogP contribution in [0.4, 0.5) is 0 Å². The molecule has 0 saturated carbocycles.